The molecule has 0 unspecified atom stereocenters. The number of aromatic nitrogens is 1. The summed E-state index contributed by atoms with van der Waals surface area (Å²) in [5, 5.41) is 0. The molecule has 3 heterocycles. The van der Waals surface area contributed by atoms with E-state index in [1.54, 1.807) is 17.2 Å². The van der Waals surface area contributed by atoms with Gasteiger partial charge in [0.1, 0.15) is 0 Å². The molecule has 1 amide bonds. The van der Waals surface area contributed by atoms with Crippen LogP contribution in [0.1, 0.15) is 24.0 Å². The lowest BCUT2D eigenvalue weighted by Crippen LogP contribution is -2.37. The maximum Gasteiger partial charge on any atom is 0.224 e. The van der Waals surface area contributed by atoms with Crippen molar-refractivity contribution in [1.29, 1.82) is 0 Å². The number of hydrogen-bond donors (Lipinski definition) is 0. The molecule has 2 saturated heterocycles. The van der Waals surface area contributed by atoms with Crippen molar-refractivity contribution in [2.45, 2.75) is 38.0 Å². The molecule has 4 rings (SSSR count). The molecule has 2 atom stereocenters. The number of nitrogens with zero attached hydrogens (tertiary/aromatic N) is 3. The lowest BCUT2D eigenvalue weighted by atomic mass is 10.1. The Labute approximate surface area is 145 Å². The highest BCUT2D eigenvalue weighted by molar-refractivity contribution is 5.80. The van der Waals surface area contributed by atoms with Gasteiger partial charge in [0.15, 0.2) is 11.6 Å². The summed E-state index contributed by atoms with van der Waals surface area (Å²) in [6, 6.07) is 8.24. The third-order valence-corrected chi connectivity index (χ3v) is 5.21. The summed E-state index contributed by atoms with van der Waals surface area (Å²) in [5.41, 5.74) is 1.35. The highest BCUT2D eigenvalue weighted by atomic mass is 19.2. The van der Waals surface area contributed by atoms with E-state index in [1.165, 1.54) is 6.07 Å². The number of halogens is 2. The molecule has 0 saturated carbocycles. The normalized spacial score (nSPS) is 23.3. The monoisotopic (exact) mass is 343 g/mol. The average molecular weight is 343 g/mol. The molecule has 4 nitrogen and oxygen atoms in total. The predicted molar refractivity (Wildman–Crippen MR) is 88.4 cm³/mol. The van der Waals surface area contributed by atoms with E-state index in [2.05, 4.69) is 9.88 Å². The fraction of sp³-hybridized carbons (Fsp3) is 0.368. The minimum absolute atomic E-state index is 0.00884. The molecule has 6 heteroatoms. The molecule has 0 N–H and O–H groups in total. The van der Waals surface area contributed by atoms with Crippen molar-refractivity contribution in [3.8, 4) is 0 Å². The number of fused-ring (bicyclic) bond motifs is 1. The zero-order valence-corrected chi connectivity index (χ0v) is 13.7. The van der Waals surface area contributed by atoms with Gasteiger partial charge < -0.3 is 4.90 Å². The molecule has 0 radical (unpaired) electrons. The summed E-state index contributed by atoms with van der Waals surface area (Å²) >= 11 is 0. The van der Waals surface area contributed by atoms with Crippen LogP contribution in [-0.4, -0.2) is 39.3 Å². The van der Waals surface area contributed by atoms with Crippen LogP contribution in [0.3, 0.4) is 0 Å². The number of hydrogen-bond acceptors (Lipinski definition) is 3. The van der Waals surface area contributed by atoms with E-state index in [1.807, 2.05) is 18.3 Å². The standard InChI is InChI=1S/C19H19F2N3O/c20-15-5-1-4-14(19(15)21)12-24-16-6-8-23(17(16)9-18(24)25)11-13-3-2-7-22-10-13/h1-5,7,10,16-17H,6,8-9,11-12H2/t16-,17-/m0/s1. The van der Waals surface area contributed by atoms with Crippen LogP contribution in [0.25, 0.3) is 0 Å². The molecule has 0 bridgehead atoms. The molecule has 130 valence electrons. The number of likely N-dealkylation sites (tertiary alicyclic amines) is 2. The zero-order valence-electron chi connectivity index (χ0n) is 13.7. The molecular formula is C19H19F2N3O. The van der Waals surface area contributed by atoms with Gasteiger partial charge in [-0.05, 0) is 24.1 Å². The first kappa shape index (κ1) is 16.1. The van der Waals surface area contributed by atoms with Crippen LogP contribution in [0.2, 0.25) is 0 Å². The highest BCUT2D eigenvalue weighted by Crippen LogP contribution is 2.34. The van der Waals surface area contributed by atoms with Gasteiger partial charge in [-0.2, -0.15) is 0 Å². The second-order valence-electron chi connectivity index (χ2n) is 6.69. The summed E-state index contributed by atoms with van der Waals surface area (Å²) in [6.07, 6.45) is 4.87. The summed E-state index contributed by atoms with van der Waals surface area (Å²) in [4.78, 5) is 20.6. The Morgan fingerprint density at radius 1 is 1.12 bits per heavy atom. The fourth-order valence-electron chi connectivity index (χ4n) is 3.99. The van der Waals surface area contributed by atoms with Gasteiger partial charge in [0, 0.05) is 56.1 Å². The van der Waals surface area contributed by atoms with Crippen molar-refractivity contribution in [2.75, 3.05) is 6.54 Å². The second kappa shape index (κ2) is 6.52. The topological polar surface area (TPSA) is 36.4 Å². The molecule has 2 aliphatic heterocycles. The molecule has 2 aromatic rings. The van der Waals surface area contributed by atoms with Crippen LogP contribution < -0.4 is 0 Å². The maximum atomic E-state index is 14.0. The van der Waals surface area contributed by atoms with Crippen LogP contribution in [-0.2, 0) is 17.9 Å². The number of carbonyl (C=O) groups is 1. The van der Waals surface area contributed by atoms with E-state index in [0.29, 0.717) is 6.42 Å². The van der Waals surface area contributed by atoms with E-state index in [4.69, 9.17) is 0 Å². The summed E-state index contributed by atoms with van der Waals surface area (Å²) in [6.45, 7) is 1.77. The first-order valence-electron chi connectivity index (χ1n) is 8.49. The second-order valence-corrected chi connectivity index (χ2v) is 6.69. The van der Waals surface area contributed by atoms with Crippen LogP contribution in [0.4, 0.5) is 8.78 Å². The molecule has 25 heavy (non-hydrogen) atoms. The third kappa shape index (κ3) is 3.02. The molecule has 2 aliphatic rings. The number of rotatable bonds is 4. The molecule has 2 fully saturated rings. The van der Waals surface area contributed by atoms with Gasteiger partial charge in [-0.3, -0.25) is 14.7 Å². The Balaban J connectivity index is 1.49. The molecule has 1 aromatic heterocycles. The Bertz CT molecular complexity index is 783. The van der Waals surface area contributed by atoms with Crippen LogP contribution >= 0.6 is 0 Å². The van der Waals surface area contributed by atoms with E-state index >= 15 is 0 Å². The number of carbonyl (C=O) groups excluding carboxylic acids is 1. The highest BCUT2D eigenvalue weighted by Gasteiger charge is 2.46. The van der Waals surface area contributed by atoms with Gasteiger partial charge in [0.05, 0.1) is 0 Å². The lowest BCUT2D eigenvalue weighted by Gasteiger charge is -2.25. The number of amides is 1. The van der Waals surface area contributed by atoms with Crippen molar-refractivity contribution in [1.82, 2.24) is 14.8 Å². The van der Waals surface area contributed by atoms with Gasteiger partial charge in [-0.25, -0.2) is 8.78 Å². The van der Waals surface area contributed by atoms with Gasteiger partial charge in [0.25, 0.3) is 0 Å². The van der Waals surface area contributed by atoms with Crippen molar-refractivity contribution < 1.29 is 13.6 Å². The summed E-state index contributed by atoms with van der Waals surface area (Å²) < 4.78 is 27.4. The van der Waals surface area contributed by atoms with E-state index < -0.39 is 11.6 Å². The fourth-order valence-corrected chi connectivity index (χ4v) is 3.99. The van der Waals surface area contributed by atoms with Crippen molar-refractivity contribution in [3.63, 3.8) is 0 Å². The Kier molecular flexibility index (Phi) is 4.21. The first-order valence-corrected chi connectivity index (χ1v) is 8.49. The largest absolute Gasteiger partial charge is 0.334 e. The van der Waals surface area contributed by atoms with Crippen LogP contribution in [0.5, 0.6) is 0 Å². The SMILES string of the molecule is O=C1C[C@H]2[C@H](CCN2Cc2cccnc2)N1Cc1cccc(F)c1F. The minimum atomic E-state index is -0.870. The quantitative estimate of drug-likeness (QED) is 0.856. The molecule has 1 aromatic carbocycles. The molecule has 0 spiro atoms. The average Bonchev–Trinajstić information content (AvgIpc) is 3.13. The lowest BCUT2D eigenvalue weighted by molar-refractivity contribution is -0.129. The van der Waals surface area contributed by atoms with Gasteiger partial charge in [-0.15, -0.1) is 0 Å². The predicted octanol–water partition coefficient (Wildman–Crippen LogP) is 2.74. The first-order chi connectivity index (χ1) is 12.1. The smallest absolute Gasteiger partial charge is 0.224 e. The van der Waals surface area contributed by atoms with Crippen molar-refractivity contribution in [3.05, 3.63) is 65.5 Å². The molecule has 0 aliphatic carbocycles. The van der Waals surface area contributed by atoms with Gasteiger partial charge in [0.2, 0.25) is 5.91 Å². The summed E-state index contributed by atoms with van der Waals surface area (Å²) in [7, 11) is 0. The third-order valence-electron chi connectivity index (χ3n) is 5.21. The van der Waals surface area contributed by atoms with Crippen molar-refractivity contribution >= 4 is 5.91 Å². The Morgan fingerprint density at radius 3 is 2.80 bits per heavy atom. The van der Waals surface area contributed by atoms with Crippen LogP contribution in [0.15, 0.2) is 42.7 Å². The van der Waals surface area contributed by atoms with Crippen molar-refractivity contribution in [2.24, 2.45) is 0 Å². The van der Waals surface area contributed by atoms with E-state index in [-0.39, 0.29) is 30.1 Å². The molecular weight excluding hydrogens is 324 g/mol. The number of pyridine rings is 1. The summed E-state index contributed by atoms with van der Waals surface area (Å²) in [5.74, 6) is -1.72. The Morgan fingerprint density at radius 2 is 2.00 bits per heavy atom. The van der Waals surface area contributed by atoms with E-state index in [9.17, 15) is 13.6 Å². The number of benzene rings is 1. The van der Waals surface area contributed by atoms with Gasteiger partial charge >= 0.3 is 0 Å². The Hall–Kier alpha value is -2.34. The van der Waals surface area contributed by atoms with Crippen LogP contribution in [0, 0.1) is 11.6 Å². The minimum Gasteiger partial charge on any atom is -0.334 e. The van der Waals surface area contributed by atoms with E-state index in [0.717, 1.165) is 31.1 Å². The zero-order chi connectivity index (χ0) is 17.4. The van der Waals surface area contributed by atoms with Gasteiger partial charge in [-0.1, -0.05) is 18.2 Å². The maximum absolute atomic E-state index is 14.0.